The molecule has 100 valence electrons. The third-order valence-electron chi connectivity index (χ3n) is 3.82. The van der Waals surface area contributed by atoms with E-state index in [1.165, 1.54) is 32.1 Å². The molecule has 0 bridgehead atoms. The van der Waals surface area contributed by atoms with Gasteiger partial charge in [-0.05, 0) is 25.0 Å². The normalized spacial score (nSPS) is 18.3. The number of pyridine rings is 1. The Hall–Kier alpha value is -0.960. The summed E-state index contributed by atoms with van der Waals surface area (Å²) < 4.78 is 5.29. The molecule has 1 aromatic rings. The fourth-order valence-corrected chi connectivity index (χ4v) is 2.98. The number of anilines is 1. The minimum absolute atomic E-state index is 0.225. The molecule has 1 saturated carbocycles. The number of aromatic nitrogens is 1. The first kappa shape index (κ1) is 13.5. The number of ether oxygens (including phenoxy) is 1. The summed E-state index contributed by atoms with van der Waals surface area (Å²) in [6, 6.07) is 3.80. The van der Waals surface area contributed by atoms with Crippen LogP contribution in [-0.4, -0.2) is 24.5 Å². The molecule has 0 aliphatic heterocycles. The fourth-order valence-electron chi connectivity index (χ4n) is 2.62. The van der Waals surface area contributed by atoms with Crippen molar-refractivity contribution in [2.75, 3.05) is 24.9 Å². The van der Waals surface area contributed by atoms with Gasteiger partial charge >= 0.3 is 0 Å². The van der Waals surface area contributed by atoms with Crippen LogP contribution in [0, 0.1) is 5.41 Å². The molecular weight excluding hydrogens is 248 g/mol. The molecule has 1 aromatic heterocycles. The highest BCUT2D eigenvalue weighted by Crippen LogP contribution is 2.37. The lowest BCUT2D eigenvalue weighted by Gasteiger charge is -2.35. The summed E-state index contributed by atoms with van der Waals surface area (Å²) in [5.41, 5.74) is 0.225. The molecule has 0 spiro atoms. The summed E-state index contributed by atoms with van der Waals surface area (Å²) in [4.78, 5) is 4.32. The van der Waals surface area contributed by atoms with Crippen molar-refractivity contribution >= 4 is 17.4 Å². The maximum Gasteiger partial charge on any atom is 0.168 e. The van der Waals surface area contributed by atoms with Crippen molar-refractivity contribution < 1.29 is 4.74 Å². The molecule has 0 saturated heterocycles. The van der Waals surface area contributed by atoms with Gasteiger partial charge in [0.2, 0.25) is 0 Å². The van der Waals surface area contributed by atoms with Gasteiger partial charge in [-0.1, -0.05) is 19.3 Å². The van der Waals surface area contributed by atoms with Gasteiger partial charge < -0.3 is 10.1 Å². The second-order valence-corrected chi connectivity index (χ2v) is 5.37. The maximum atomic E-state index is 6.19. The lowest BCUT2D eigenvalue weighted by Crippen LogP contribution is -2.34. The van der Waals surface area contributed by atoms with Crippen LogP contribution in [0.15, 0.2) is 18.3 Å². The third kappa shape index (κ3) is 3.08. The molecular formula is C14H21ClN2O. The van der Waals surface area contributed by atoms with Gasteiger partial charge in [-0.3, -0.25) is 0 Å². The number of halogens is 1. The van der Waals surface area contributed by atoms with Gasteiger partial charge in [0, 0.05) is 24.0 Å². The standard InChI is InChI=1S/C14H21ClN2O/c1-18-12-6-5-9-16-13(12)17-11-14(10-15)7-3-2-4-8-14/h5-6,9H,2-4,7-8,10-11H2,1H3,(H,16,17). The van der Waals surface area contributed by atoms with Crippen LogP contribution < -0.4 is 10.1 Å². The Morgan fingerprint density at radius 3 is 2.83 bits per heavy atom. The molecule has 0 atom stereocenters. The molecule has 0 radical (unpaired) electrons. The zero-order valence-electron chi connectivity index (χ0n) is 10.9. The minimum atomic E-state index is 0.225. The summed E-state index contributed by atoms with van der Waals surface area (Å²) in [5.74, 6) is 2.32. The van der Waals surface area contributed by atoms with Crippen LogP contribution in [0.5, 0.6) is 5.75 Å². The lowest BCUT2D eigenvalue weighted by molar-refractivity contribution is 0.237. The van der Waals surface area contributed by atoms with Crippen LogP contribution >= 0.6 is 11.6 Å². The summed E-state index contributed by atoms with van der Waals surface area (Å²) >= 11 is 6.19. The van der Waals surface area contributed by atoms with E-state index in [0.717, 1.165) is 24.0 Å². The first-order chi connectivity index (χ1) is 8.79. The predicted molar refractivity (Wildman–Crippen MR) is 75.5 cm³/mol. The van der Waals surface area contributed by atoms with Gasteiger partial charge in [-0.2, -0.15) is 0 Å². The van der Waals surface area contributed by atoms with E-state index in [-0.39, 0.29) is 5.41 Å². The van der Waals surface area contributed by atoms with Gasteiger partial charge in [-0.25, -0.2) is 4.98 Å². The first-order valence-corrected chi connectivity index (χ1v) is 7.12. The van der Waals surface area contributed by atoms with E-state index >= 15 is 0 Å². The summed E-state index contributed by atoms with van der Waals surface area (Å²) in [5, 5.41) is 3.41. The van der Waals surface area contributed by atoms with E-state index in [4.69, 9.17) is 16.3 Å². The van der Waals surface area contributed by atoms with Crippen LogP contribution in [0.4, 0.5) is 5.82 Å². The van der Waals surface area contributed by atoms with Crippen LogP contribution in [-0.2, 0) is 0 Å². The Bertz CT molecular complexity index is 378. The number of nitrogens with one attached hydrogen (secondary N) is 1. The van der Waals surface area contributed by atoms with E-state index in [1.54, 1.807) is 13.3 Å². The third-order valence-corrected chi connectivity index (χ3v) is 4.39. The number of rotatable bonds is 5. The molecule has 0 unspecified atom stereocenters. The van der Waals surface area contributed by atoms with Gasteiger partial charge in [0.1, 0.15) is 0 Å². The van der Waals surface area contributed by atoms with Gasteiger partial charge in [-0.15, -0.1) is 11.6 Å². The van der Waals surface area contributed by atoms with Crippen molar-refractivity contribution in [3.05, 3.63) is 18.3 Å². The average Bonchev–Trinajstić information content (AvgIpc) is 2.46. The summed E-state index contributed by atoms with van der Waals surface area (Å²) in [7, 11) is 1.67. The highest BCUT2D eigenvalue weighted by molar-refractivity contribution is 6.18. The fraction of sp³-hybridized carbons (Fsp3) is 0.643. The first-order valence-electron chi connectivity index (χ1n) is 6.58. The molecule has 2 rings (SSSR count). The zero-order valence-corrected chi connectivity index (χ0v) is 11.7. The second kappa shape index (κ2) is 6.28. The van der Waals surface area contributed by atoms with Gasteiger partial charge in [0.15, 0.2) is 11.6 Å². The van der Waals surface area contributed by atoms with Gasteiger partial charge in [0.25, 0.3) is 0 Å². The number of nitrogens with zero attached hydrogens (tertiary/aromatic N) is 1. The molecule has 4 heteroatoms. The minimum Gasteiger partial charge on any atom is -0.493 e. The van der Waals surface area contributed by atoms with Crippen molar-refractivity contribution in [3.8, 4) is 5.75 Å². The van der Waals surface area contributed by atoms with Crippen LogP contribution in [0.1, 0.15) is 32.1 Å². The molecule has 1 aliphatic rings. The van der Waals surface area contributed by atoms with E-state index in [0.29, 0.717) is 0 Å². The Balaban J connectivity index is 2.01. The monoisotopic (exact) mass is 268 g/mol. The smallest absolute Gasteiger partial charge is 0.168 e. The van der Waals surface area contributed by atoms with Crippen LogP contribution in [0.2, 0.25) is 0 Å². The van der Waals surface area contributed by atoms with Crippen molar-refractivity contribution in [2.45, 2.75) is 32.1 Å². The molecule has 1 heterocycles. The van der Waals surface area contributed by atoms with Crippen molar-refractivity contribution in [1.29, 1.82) is 0 Å². The highest BCUT2D eigenvalue weighted by Gasteiger charge is 2.31. The molecule has 18 heavy (non-hydrogen) atoms. The SMILES string of the molecule is COc1cccnc1NCC1(CCl)CCCCC1. The Morgan fingerprint density at radius 1 is 1.39 bits per heavy atom. The van der Waals surface area contributed by atoms with Crippen molar-refractivity contribution in [1.82, 2.24) is 4.98 Å². The molecule has 1 aliphatic carbocycles. The predicted octanol–water partition coefficient (Wildman–Crippen LogP) is 3.69. The maximum absolute atomic E-state index is 6.19. The number of methoxy groups -OCH3 is 1. The van der Waals surface area contributed by atoms with Crippen LogP contribution in [0.25, 0.3) is 0 Å². The summed E-state index contributed by atoms with van der Waals surface area (Å²) in [6.45, 7) is 0.879. The number of hydrogen-bond acceptors (Lipinski definition) is 3. The largest absolute Gasteiger partial charge is 0.493 e. The summed E-state index contributed by atoms with van der Waals surface area (Å²) in [6.07, 6.45) is 8.10. The molecule has 1 N–H and O–H groups in total. The van der Waals surface area contributed by atoms with E-state index in [9.17, 15) is 0 Å². The Morgan fingerprint density at radius 2 is 2.17 bits per heavy atom. The molecule has 3 nitrogen and oxygen atoms in total. The quantitative estimate of drug-likeness (QED) is 0.827. The van der Waals surface area contributed by atoms with Crippen molar-refractivity contribution in [3.63, 3.8) is 0 Å². The zero-order chi connectivity index (χ0) is 12.8. The van der Waals surface area contributed by atoms with Crippen molar-refractivity contribution in [2.24, 2.45) is 5.41 Å². The highest BCUT2D eigenvalue weighted by atomic mass is 35.5. The van der Waals surface area contributed by atoms with E-state index in [1.807, 2.05) is 12.1 Å². The molecule has 0 amide bonds. The van der Waals surface area contributed by atoms with E-state index in [2.05, 4.69) is 10.3 Å². The Labute approximate surface area is 114 Å². The average molecular weight is 269 g/mol. The molecule has 1 fully saturated rings. The number of hydrogen-bond donors (Lipinski definition) is 1. The number of alkyl halides is 1. The molecule has 0 aromatic carbocycles. The van der Waals surface area contributed by atoms with Gasteiger partial charge in [0.05, 0.1) is 7.11 Å². The Kier molecular flexibility index (Phi) is 4.70. The van der Waals surface area contributed by atoms with Crippen LogP contribution in [0.3, 0.4) is 0 Å². The topological polar surface area (TPSA) is 34.1 Å². The second-order valence-electron chi connectivity index (χ2n) is 5.10. The lowest BCUT2D eigenvalue weighted by atomic mass is 9.75. The van der Waals surface area contributed by atoms with E-state index < -0.39 is 0 Å².